The summed E-state index contributed by atoms with van der Waals surface area (Å²) in [6, 6.07) is 13.4. The van der Waals surface area contributed by atoms with Gasteiger partial charge in [0.2, 0.25) is 10.0 Å². The van der Waals surface area contributed by atoms with Crippen molar-refractivity contribution < 1.29 is 8.42 Å². The van der Waals surface area contributed by atoms with E-state index in [1.54, 1.807) is 15.2 Å². The van der Waals surface area contributed by atoms with Gasteiger partial charge in [0.05, 0.1) is 16.8 Å². The molecule has 1 aliphatic rings. The molecule has 5 nitrogen and oxygen atoms in total. The van der Waals surface area contributed by atoms with Crippen LogP contribution >= 0.6 is 11.3 Å². The monoisotopic (exact) mass is 387 g/mol. The van der Waals surface area contributed by atoms with Crippen LogP contribution in [0.5, 0.6) is 0 Å². The fraction of sp³-hybridized carbons (Fsp3) is 0.316. The average molecular weight is 388 g/mol. The lowest BCUT2D eigenvalue weighted by Crippen LogP contribution is -2.37. The van der Waals surface area contributed by atoms with Crippen LogP contribution in [0.3, 0.4) is 0 Å². The molecule has 0 spiro atoms. The van der Waals surface area contributed by atoms with Crippen molar-refractivity contribution in [3.8, 4) is 16.3 Å². The van der Waals surface area contributed by atoms with Gasteiger partial charge in [-0.3, -0.25) is 0 Å². The summed E-state index contributed by atoms with van der Waals surface area (Å²) in [5, 5.41) is 6.56. The summed E-state index contributed by atoms with van der Waals surface area (Å²) in [7, 11) is -3.57. The molecule has 4 rings (SSSR count). The first-order chi connectivity index (χ1) is 12.6. The van der Waals surface area contributed by atoms with Crippen LogP contribution in [0.25, 0.3) is 16.3 Å². The van der Waals surface area contributed by atoms with Gasteiger partial charge < -0.3 is 0 Å². The molecule has 1 aliphatic heterocycles. The van der Waals surface area contributed by atoms with Gasteiger partial charge in [-0.25, -0.2) is 13.1 Å². The van der Waals surface area contributed by atoms with Gasteiger partial charge in [-0.2, -0.15) is 9.40 Å². The summed E-state index contributed by atoms with van der Waals surface area (Å²) < 4.78 is 29.9. The first-order valence-corrected chi connectivity index (χ1v) is 11.1. The molecular weight excluding hydrogens is 366 g/mol. The third kappa shape index (κ3) is 3.22. The Morgan fingerprint density at radius 3 is 2.46 bits per heavy atom. The Morgan fingerprint density at radius 1 is 1.08 bits per heavy atom. The first kappa shape index (κ1) is 17.5. The number of piperidine rings is 1. The van der Waals surface area contributed by atoms with E-state index in [2.05, 4.69) is 12.0 Å². The number of aromatic nitrogens is 2. The fourth-order valence-corrected chi connectivity index (χ4v) is 5.59. The lowest BCUT2D eigenvalue weighted by Gasteiger charge is -2.29. The minimum absolute atomic E-state index is 0.290. The third-order valence-corrected chi connectivity index (χ3v) is 7.59. The smallest absolute Gasteiger partial charge is 0.239 e. The number of hydrogen-bond donors (Lipinski definition) is 0. The maximum Gasteiger partial charge on any atom is 0.246 e. The number of nitrogens with zero attached hydrogens (tertiary/aromatic N) is 3. The molecule has 1 aromatic carbocycles. The molecule has 26 heavy (non-hydrogen) atoms. The van der Waals surface area contributed by atoms with Crippen molar-refractivity contribution in [2.24, 2.45) is 5.92 Å². The molecule has 0 amide bonds. The highest BCUT2D eigenvalue weighted by Crippen LogP contribution is 2.33. The molecule has 3 heterocycles. The Balaban J connectivity index is 1.80. The van der Waals surface area contributed by atoms with Crippen LogP contribution in [0.4, 0.5) is 0 Å². The van der Waals surface area contributed by atoms with Crippen LogP contribution in [-0.2, 0) is 10.0 Å². The van der Waals surface area contributed by atoms with E-state index in [9.17, 15) is 8.42 Å². The predicted octanol–water partition coefficient (Wildman–Crippen LogP) is 4.02. The number of thiophene rings is 1. The second-order valence-electron chi connectivity index (χ2n) is 6.69. The molecule has 0 atom stereocenters. The first-order valence-electron chi connectivity index (χ1n) is 8.75. The van der Waals surface area contributed by atoms with Gasteiger partial charge in [0, 0.05) is 13.1 Å². The largest absolute Gasteiger partial charge is 0.246 e. The summed E-state index contributed by atoms with van der Waals surface area (Å²) in [6.07, 6.45) is 3.46. The SMILES string of the molecule is CC1CCN(S(=O)(=O)c2cn(-c3ccccc3)nc2-c2cccs2)CC1. The molecule has 0 radical (unpaired) electrons. The Hall–Kier alpha value is -1.96. The van der Waals surface area contributed by atoms with Crippen molar-refractivity contribution in [3.63, 3.8) is 0 Å². The molecule has 0 N–H and O–H groups in total. The van der Waals surface area contributed by atoms with Gasteiger partial charge in [0.25, 0.3) is 0 Å². The lowest BCUT2D eigenvalue weighted by atomic mass is 10.0. The van der Waals surface area contributed by atoms with E-state index in [1.165, 1.54) is 11.3 Å². The highest BCUT2D eigenvalue weighted by atomic mass is 32.2. The second kappa shape index (κ2) is 6.98. The van der Waals surface area contributed by atoms with E-state index < -0.39 is 10.0 Å². The van der Waals surface area contributed by atoms with Gasteiger partial charge in [-0.05, 0) is 42.3 Å². The minimum Gasteiger partial charge on any atom is -0.239 e. The van der Waals surface area contributed by atoms with Gasteiger partial charge in [0.1, 0.15) is 10.6 Å². The van der Waals surface area contributed by atoms with E-state index in [4.69, 9.17) is 0 Å². The highest BCUT2D eigenvalue weighted by molar-refractivity contribution is 7.89. The zero-order valence-electron chi connectivity index (χ0n) is 14.6. The fourth-order valence-electron chi connectivity index (χ4n) is 3.21. The number of para-hydroxylation sites is 1. The van der Waals surface area contributed by atoms with E-state index in [-0.39, 0.29) is 0 Å². The van der Waals surface area contributed by atoms with Crippen LogP contribution in [0.2, 0.25) is 0 Å². The second-order valence-corrected chi connectivity index (χ2v) is 9.54. The molecule has 136 valence electrons. The summed E-state index contributed by atoms with van der Waals surface area (Å²) in [5.74, 6) is 0.574. The average Bonchev–Trinajstić information content (AvgIpc) is 3.32. The van der Waals surface area contributed by atoms with Crippen molar-refractivity contribution in [1.29, 1.82) is 0 Å². The normalized spacial score (nSPS) is 16.8. The molecule has 0 aliphatic carbocycles. The summed E-state index contributed by atoms with van der Waals surface area (Å²) in [5.41, 5.74) is 1.38. The minimum atomic E-state index is -3.57. The highest BCUT2D eigenvalue weighted by Gasteiger charge is 2.32. The van der Waals surface area contributed by atoms with E-state index in [0.29, 0.717) is 29.6 Å². The maximum atomic E-state index is 13.3. The Labute approximate surface area is 157 Å². The molecule has 0 unspecified atom stereocenters. The molecule has 0 bridgehead atoms. The van der Waals surface area contributed by atoms with Crippen LogP contribution < -0.4 is 0 Å². The van der Waals surface area contributed by atoms with Crippen molar-refractivity contribution in [1.82, 2.24) is 14.1 Å². The molecule has 0 saturated carbocycles. The predicted molar refractivity (Wildman–Crippen MR) is 104 cm³/mol. The molecule has 2 aromatic heterocycles. The summed E-state index contributed by atoms with van der Waals surface area (Å²) in [6.45, 7) is 3.32. The van der Waals surface area contributed by atoms with Gasteiger partial charge in [-0.15, -0.1) is 11.3 Å². The zero-order chi connectivity index (χ0) is 18.1. The van der Waals surface area contributed by atoms with Crippen molar-refractivity contribution in [2.45, 2.75) is 24.7 Å². The molecule has 7 heteroatoms. The molecular formula is C19H21N3O2S2. The quantitative estimate of drug-likeness (QED) is 0.679. The third-order valence-electron chi connectivity index (χ3n) is 4.82. The van der Waals surface area contributed by atoms with E-state index in [1.807, 2.05) is 47.8 Å². The Morgan fingerprint density at radius 2 is 1.81 bits per heavy atom. The molecule has 3 aromatic rings. The van der Waals surface area contributed by atoms with Crippen LogP contribution in [0.1, 0.15) is 19.8 Å². The number of hydrogen-bond acceptors (Lipinski definition) is 4. The van der Waals surface area contributed by atoms with Gasteiger partial charge in [0.15, 0.2) is 0 Å². The summed E-state index contributed by atoms with van der Waals surface area (Å²) in [4.78, 5) is 1.15. The Bertz CT molecular complexity index is 971. The van der Waals surface area contributed by atoms with E-state index >= 15 is 0 Å². The number of sulfonamides is 1. The standard InChI is InChI=1S/C19H21N3O2S2/c1-15-9-11-21(12-10-15)26(23,24)18-14-22(16-6-3-2-4-7-16)20-19(18)17-8-5-13-25-17/h2-8,13-15H,9-12H2,1H3. The van der Waals surface area contributed by atoms with Crippen LogP contribution in [-0.4, -0.2) is 35.6 Å². The maximum absolute atomic E-state index is 13.3. The van der Waals surface area contributed by atoms with E-state index in [0.717, 1.165) is 23.4 Å². The van der Waals surface area contributed by atoms with Crippen LogP contribution in [0.15, 0.2) is 58.9 Å². The topological polar surface area (TPSA) is 55.2 Å². The molecule has 1 saturated heterocycles. The number of rotatable bonds is 4. The zero-order valence-corrected chi connectivity index (χ0v) is 16.2. The molecule has 1 fully saturated rings. The summed E-state index contributed by atoms with van der Waals surface area (Å²) >= 11 is 1.50. The van der Waals surface area contributed by atoms with Crippen LogP contribution in [0, 0.1) is 5.92 Å². The van der Waals surface area contributed by atoms with Gasteiger partial charge >= 0.3 is 0 Å². The van der Waals surface area contributed by atoms with Crippen molar-refractivity contribution in [2.75, 3.05) is 13.1 Å². The van der Waals surface area contributed by atoms with Crippen molar-refractivity contribution >= 4 is 21.4 Å². The van der Waals surface area contributed by atoms with Crippen molar-refractivity contribution in [3.05, 3.63) is 54.0 Å². The lowest BCUT2D eigenvalue weighted by molar-refractivity contribution is 0.288. The Kier molecular flexibility index (Phi) is 4.69. The van der Waals surface area contributed by atoms with Gasteiger partial charge in [-0.1, -0.05) is 31.2 Å². The number of benzene rings is 1.